The fraction of sp³-hybridized carbons (Fsp3) is 0.182. The van der Waals surface area contributed by atoms with E-state index in [1.165, 1.54) is 6.26 Å². The van der Waals surface area contributed by atoms with Crippen molar-refractivity contribution in [2.75, 3.05) is 13.7 Å². The summed E-state index contributed by atoms with van der Waals surface area (Å²) in [4.78, 5) is 10.0. The number of hydrogen-bond donors (Lipinski definition) is 0. The normalized spacial score (nSPS) is 9.44. The van der Waals surface area contributed by atoms with Crippen LogP contribution in [0.4, 0.5) is 0 Å². The van der Waals surface area contributed by atoms with E-state index in [2.05, 4.69) is 10.8 Å². The van der Waals surface area contributed by atoms with Gasteiger partial charge in [0, 0.05) is 6.26 Å². The first-order valence-corrected chi connectivity index (χ1v) is 4.12. The van der Waals surface area contributed by atoms with Gasteiger partial charge in [-0.3, -0.25) is 4.79 Å². The molecule has 1 N–H and O–H groups in total. The van der Waals surface area contributed by atoms with Gasteiger partial charge < -0.3 is 14.9 Å². The van der Waals surface area contributed by atoms with Gasteiger partial charge in [-0.1, -0.05) is 0 Å². The monoisotopic (exact) mass is 231 g/mol. The van der Waals surface area contributed by atoms with E-state index in [1.807, 2.05) is 18.2 Å². The molecule has 0 unspecified atom stereocenters. The van der Waals surface area contributed by atoms with Crippen molar-refractivity contribution in [1.29, 1.82) is 0 Å². The molecule has 1 rings (SSSR count). The maximum atomic E-state index is 10.0. The van der Waals surface area contributed by atoms with Gasteiger partial charge in [-0.25, -0.2) is 0 Å². The molecule has 1 aromatic rings. The molecule has 0 amide bonds. The molecule has 0 aromatic heterocycles. The minimum atomic E-state index is 0. The largest absolute Gasteiger partial charge is 1.00 e. The van der Waals surface area contributed by atoms with Gasteiger partial charge in [-0.15, -0.1) is 35.9 Å². The average molecular weight is 231 g/mol. The Kier molecular flexibility index (Phi) is 11.8. The Bertz CT molecular complexity index is 311. The average Bonchev–Trinajstić information content (AvgIpc) is 2.25. The van der Waals surface area contributed by atoms with Gasteiger partial charge in [0.1, 0.15) is 0 Å². The van der Waals surface area contributed by atoms with Crippen LogP contribution in [-0.4, -0.2) is 25.7 Å². The van der Waals surface area contributed by atoms with Crippen molar-refractivity contribution in [3.63, 3.8) is 0 Å². The summed E-state index contributed by atoms with van der Waals surface area (Å²) in [5.74, 6) is 0. The molecule has 0 saturated heterocycles. The fourth-order valence-corrected chi connectivity index (χ4v) is 1.03. The molecular formula is C11H12NaO4-. The molecule has 0 radical (unpaired) electrons. The van der Waals surface area contributed by atoms with E-state index in [0.29, 0.717) is 6.47 Å². The smallest absolute Gasteiger partial charge is 0.870 e. The van der Waals surface area contributed by atoms with Crippen molar-refractivity contribution in [2.24, 2.45) is 0 Å². The van der Waals surface area contributed by atoms with Crippen molar-refractivity contribution >= 4 is 12.0 Å². The fourth-order valence-electron chi connectivity index (χ4n) is 1.03. The Hall–Kier alpha value is -0.810. The Morgan fingerprint density at radius 1 is 1.50 bits per heavy atom. The summed E-state index contributed by atoms with van der Waals surface area (Å²) in [5.41, 5.74) is 1.64. The SMILES string of the molecule is CO/C=C(/COC=O)c1[c-]cccc1.[Na+].[OH-]. The summed E-state index contributed by atoms with van der Waals surface area (Å²) in [6, 6.07) is 10.4. The minimum absolute atomic E-state index is 0. The molecular weight excluding hydrogens is 219 g/mol. The quantitative estimate of drug-likeness (QED) is 0.267. The van der Waals surface area contributed by atoms with Gasteiger partial charge in [0.2, 0.25) is 0 Å². The first-order chi connectivity index (χ1) is 6.88. The van der Waals surface area contributed by atoms with E-state index in [-0.39, 0.29) is 41.6 Å². The van der Waals surface area contributed by atoms with Gasteiger partial charge in [-0.05, 0) is 5.57 Å². The summed E-state index contributed by atoms with van der Waals surface area (Å²) in [7, 11) is 1.55. The van der Waals surface area contributed by atoms with Crippen molar-refractivity contribution in [3.05, 3.63) is 42.2 Å². The number of ether oxygens (including phenoxy) is 2. The van der Waals surface area contributed by atoms with Crippen LogP contribution in [0.5, 0.6) is 0 Å². The number of hydrogen-bond acceptors (Lipinski definition) is 4. The molecule has 0 bridgehead atoms. The summed E-state index contributed by atoms with van der Waals surface area (Å²) < 4.78 is 9.53. The number of carbonyl (C=O) groups excluding carboxylic acids is 1. The van der Waals surface area contributed by atoms with Crippen LogP contribution in [0.15, 0.2) is 30.5 Å². The van der Waals surface area contributed by atoms with Crippen LogP contribution < -0.4 is 29.6 Å². The predicted molar refractivity (Wildman–Crippen MR) is 54.2 cm³/mol. The van der Waals surface area contributed by atoms with Crippen LogP contribution in [-0.2, 0) is 14.3 Å². The Labute approximate surface area is 117 Å². The summed E-state index contributed by atoms with van der Waals surface area (Å²) in [6.07, 6.45) is 1.54. The molecule has 1 aromatic carbocycles. The van der Waals surface area contributed by atoms with Crippen LogP contribution in [0.2, 0.25) is 0 Å². The minimum Gasteiger partial charge on any atom is -0.870 e. The second-order valence-corrected chi connectivity index (χ2v) is 2.56. The zero-order chi connectivity index (χ0) is 10.2. The summed E-state index contributed by atoms with van der Waals surface area (Å²) in [6.45, 7) is 0.601. The van der Waals surface area contributed by atoms with Crippen molar-refractivity contribution in [2.45, 2.75) is 0 Å². The van der Waals surface area contributed by atoms with Gasteiger partial charge in [0.25, 0.3) is 6.47 Å². The van der Waals surface area contributed by atoms with Crippen LogP contribution >= 0.6 is 0 Å². The maximum Gasteiger partial charge on any atom is 1.00 e. The third kappa shape index (κ3) is 5.92. The molecule has 0 aliphatic carbocycles. The molecule has 0 spiro atoms. The molecule has 4 nitrogen and oxygen atoms in total. The molecule has 0 aliphatic heterocycles. The zero-order valence-corrected chi connectivity index (χ0v) is 11.3. The second-order valence-electron chi connectivity index (χ2n) is 2.56. The first-order valence-electron chi connectivity index (χ1n) is 4.12. The van der Waals surface area contributed by atoms with Crippen LogP contribution in [0.3, 0.4) is 0 Å². The molecule has 0 fully saturated rings. The van der Waals surface area contributed by atoms with Crippen LogP contribution in [0.1, 0.15) is 5.56 Å². The second kappa shape index (κ2) is 10.7. The topological polar surface area (TPSA) is 65.5 Å². The van der Waals surface area contributed by atoms with E-state index in [4.69, 9.17) is 4.74 Å². The number of carbonyl (C=O) groups is 1. The van der Waals surface area contributed by atoms with Gasteiger partial charge in [0.05, 0.1) is 13.7 Å². The Balaban J connectivity index is 0. The van der Waals surface area contributed by atoms with Gasteiger partial charge >= 0.3 is 29.6 Å². The zero-order valence-electron chi connectivity index (χ0n) is 9.34. The number of benzene rings is 1. The van der Waals surface area contributed by atoms with E-state index in [1.54, 1.807) is 13.2 Å². The van der Waals surface area contributed by atoms with E-state index in [0.717, 1.165) is 11.1 Å². The molecule has 0 heterocycles. The third-order valence-corrected chi connectivity index (χ3v) is 1.62. The molecule has 0 atom stereocenters. The Morgan fingerprint density at radius 3 is 2.75 bits per heavy atom. The van der Waals surface area contributed by atoms with Crippen LogP contribution in [0.25, 0.3) is 5.57 Å². The van der Waals surface area contributed by atoms with E-state index >= 15 is 0 Å². The summed E-state index contributed by atoms with van der Waals surface area (Å²) >= 11 is 0. The van der Waals surface area contributed by atoms with Crippen LogP contribution in [0, 0.1) is 6.07 Å². The van der Waals surface area contributed by atoms with Gasteiger partial charge in [0.15, 0.2) is 0 Å². The Morgan fingerprint density at radius 2 is 2.25 bits per heavy atom. The van der Waals surface area contributed by atoms with Crippen molar-refractivity contribution in [1.82, 2.24) is 0 Å². The molecule has 16 heavy (non-hydrogen) atoms. The number of methoxy groups -OCH3 is 1. The predicted octanol–water partition coefficient (Wildman–Crippen LogP) is -1.53. The maximum absolute atomic E-state index is 10.0. The third-order valence-electron chi connectivity index (χ3n) is 1.62. The van der Waals surface area contributed by atoms with E-state index in [9.17, 15) is 4.79 Å². The molecule has 82 valence electrons. The molecule has 0 aliphatic rings. The first kappa shape index (κ1) is 17.6. The van der Waals surface area contributed by atoms with Crippen molar-refractivity contribution in [3.8, 4) is 0 Å². The summed E-state index contributed by atoms with van der Waals surface area (Å²) in [5, 5.41) is 0. The standard InChI is InChI=1S/C11H11O3.Na.H2O/c1-13-7-11(8-14-9-12)10-5-3-2-4-6-10;;/h2-5,7,9H,8H2,1H3;;1H2/q-1;+1;/p-1/b11-7-;;. The number of rotatable bonds is 5. The molecule has 5 heteroatoms. The van der Waals surface area contributed by atoms with E-state index < -0.39 is 0 Å². The van der Waals surface area contributed by atoms with Gasteiger partial charge in [-0.2, -0.15) is 0 Å². The van der Waals surface area contributed by atoms with Crippen molar-refractivity contribution < 1.29 is 49.3 Å². The molecule has 0 saturated carbocycles.